The van der Waals surface area contributed by atoms with Crippen LogP contribution in [-0.2, 0) is 14.4 Å². The number of piperazine rings is 1. The van der Waals surface area contributed by atoms with Crippen LogP contribution in [0.3, 0.4) is 0 Å². The summed E-state index contributed by atoms with van der Waals surface area (Å²) >= 11 is 0. The van der Waals surface area contributed by atoms with Gasteiger partial charge >= 0.3 is 0 Å². The number of primary amides is 1. The number of nitrogens with two attached hydrogens (primary N) is 1. The van der Waals surface area contributed by atoms with E-state index in [1.807, 2.05) is 0 Å². The van der Waals surface area contributed by atoms with Crippen molar-refractivity contribution in [1.29, 1.82) is 0 Å². The first kappa shape index (κ1) is 13.0. The van der Waals surface area contributed by atoms with Crippen LogP contribution in [-0.4, -0.2) is 68.4 Å². The standard InChI is InChI=1S/C11H18N4O3/c1-13-10(17)6-8(11(13)18)15-4-2-14(3-5-15)7-9(12)16/h8H,2-7H2,1H3,(H2,12,16)/p+2/t8-/m0/s1. The van der Waals surface area contributed by atoms with Crippen LogP contribution in [0.15, 0.2) is 0 Å². The molecule has 4 N–H and O–H groups in total. The number of carbonyl (C=O) groups excluding carboxylic acids is 3. The zero-order valence-electron chi connectivity index (χ0n) is 10.6. The molecule has 0 radical (unpaired) electrons. The van der Waals surface area contributed by atoms with Crippen molar-refractivity contribution in [2.75, 3.05) is 39.8 Å². The molecule has 1 atom stereocenters. The second-order valence-corrected chi connectivity index (χ2v) is 5.10. The summed E-state index contributed by atoms with van der Waals surface area (Å²) in [6.07, 6.45) is 0.315. The molecule has 7 heteroatoms. The van der Waals surface area contributed by atoms with E-state index in [0.29, 0.717) is 13.0 Å². The molecule has 0 unspecified atom stereocenters. The first-order chi connectivity index (χ1) is 8.49. The zero-order valence-corrected chi connectivity index (χ0v) is 10.6. The van der Waals surface area contributed by atoms with E-state index in [2.05, 4.69) is 0 Å². The molecule has 0 saturated carbocycles. The zero-order chi connectivity index (χ0) is 13.3. The van der Waals surface area contributed by atoms with Crippen LogP contribution in [0.4, 0.5) is 0 Å². The van der Waals surface area contributed by atoms with Crippen molar-refractivity contribution >= 4 is 17.7 Å². The molecule has 100 valence electrons. The average molecular weight is 256 g/mol. The van der Waals surface area contributed by atoms with Gasteiger partial charge < -0.3 is 15.5 Å². The Bertz CT molecular complexity index is 376. The number of nitrogens with one attached hydrogen (secondary N) is 2. The number of hydrogen-bond donors (Lipinski definition) is 3. The summed E-state index contributed by atoms with van der Waals surface area (Å²) in [6.45, 7) is 3.60. The Kier molecular flexibility index (Phi) is 3.63. The lowest BCUT2D eigenvalue weighted by Crippen LogP contribution is -3.30. The molecular formula is C11H20N4O3+2. The number of amides is 3. The average Bonchev–Trinajstić information content (AvgIpc) is 2.57. The number of hydrogen-bond acceptors (Lipinski definition) is 3. The molecule has 3 amide bonds. The van der Waals surface area contributed by atoms with E-state index in [4.69, 9.17) is 5.73 Å². The largest absolute Gasteiger partial charge is 0.365 e. The molecule has 2 heterocycles. The molecule has 2 aliphatic heterocycles. The highest BCUT2D eigenvalue weighted by Gasteiger charge is 2.44. The van der Waals surface area contributed by atoms with Gasteiger partial charge in [-0.25, -0.2) is 0 Å². The van der Waals surface area contributed by atoms with E-state index in [1.54, 1.807) is 7.05 Å². The number of carbonyl (C=O) groups is 3. The predicted molar refractivity (Wildman–Crippen MR) is 61.6 cm³/mol. The quantitative estimate of drug-likeness (QED) is 0.442. The molecule has 0 aromatic carbocycles. The summed E-state index contributed by atoms with van der Waals surface area (Å²) in [5.74, 6) is -0.460. The summed E-state index contributed by atoms with van der Waals surface area (Å²) in [7, 11) is 1.54. The summed E-state index contributed by atoms with van der Waals surface area (Å²) in [5, 5.41) is 0. The Morgan fingerprint density at radius 2 is 1.94 bits per heavy atom. The molecule has 0 bridgehead atoms. The number of quaternary nitrogens is 2. The maximum absolute atomic E-state index is 11.9. The Morgan fingerprint density at radius 3 is 2.39 bits per heavy atom. The highest BCUT2D eigenvalue weighted by molar-refractivity contribution is 6.04. The van der Waals surface area contributed by atoms with Crippen LogP contribution in [0.2, 0.25) is 0 Å². The molecular weight excluding hydrogens is 236 g/mol. The van der Waals surface area contributed by atoms with Crippen molar-refractivity contribution in [3.8, 4) is 0 Å². The molecule has 18 heavy (non-hydrogen) atoms. The van der Waals surface area contributed by atoms with Gasteiger partial charge in [-0.3, -0.25) is 19.3 Å². The minimum Gasteiger partial charge on any atom is -0.365 e. The number of likely N-dealkylation sites (N-methyl/N-ethyl adjacent to an activating group) is 1. The molecule has 0 aromatic heterocycles. The maximum Gasteiger partial charge on any atom is 0.287 e. The fraction of sp³-hybridized carbons (Fsp3) is 0.727. The van der Waals surface area contributed by atoms with Gasteiger partial charge in [-0.15, -0.1) is 0 Å². The van der Waals surface area contributed by atoms with Gasteiger partial charge in [-0.2, -0.15) is 0 Å². The maximum atomic E-state index is 11.9. The van der Waals surface area contributed by atoms with Gasteiger partial charge in [0.1, 0.15) is 26.2 Å². The lowest BCUT2D eigenvalue weighted by molar-refractivity contribution is -1.02. The molecule has 2 aliphatic rings. The highest BCUT2D eigenvalue weighted by Crippen LogP contribution is 2.07. The third-order valence-corrected chi connectivity index (χ3v) is 3.90. The lowest BCUT2D eigenvalue weighted by atomic mass is 10.1. The van der Waals surface area contributed by atoms with Gasteiger partial charge in [-0.1, -0.05) is 0 Å². The minimum atomic E-state index is -0.291. The third kappa shape index (κ3) is 2.51. The SMILES string of the molecule is CN1C(=O)C[C@H]([NH+]2CC[NH+](CC(N)=O)CC2)C1=O. The molecule has 2 rings (SSSR count). The van der Waals surface area contributed by atoms with E-state index in [0.717, 1.165) is 36.0 Å². The molecule has 2 saturated heterocycles. The van der Waals surface area contributed by atoms with Gasteiger partial charge in [0, 0.05) is 7.05 Å². The van der Waals surface area contributed by atoms with E-state index < -0.39 is 0 Å². The normalized spacial score (nSPS) is 32.9. The summed E-state index contributed by atoms with van der Waals surface area (Å²) in [4.78, 5) is 37.7. The Labute approximate surface area is 105 Å². The summed E-state index contributed by atoms with van der Waals surface area (Å²) < 4.78 is 0. The first-order valence-electron chi connectivity index (χ1n) is 6.26. The fourth-order valence-corrected chi connectivity index (χ4v) is 2.77. The smallest absolute Gasteiger partial charge is 0.287 e. The number of nitrogens with zero attached hydrogens (tertiary/aromatic N) is 1. The Hall–Kier alpha value is -1.47. The second-order valence-electron chi connectivity index (χ2n) is 5.10. The van der Waals surface area contributed by atoms with E-state index in [9.17, 15) is 14.4 Å². The van der Waals surface area contributed by atoms with Crippen LogP contribution in [0.5, 0.6) is 0 Å². The Balaban J connectivity index is 1.89. The van der Waals surface area contributed by atoms with Crippen LogP contribution >= 0.6 is 0 Å². The molecule has 0 aromatic rings. The Morgan fingerprint density at radius 1 is 1.33 bits per heavy atom. The van der Waals surface area contributed by atoms with Crippen molar-refractivity contribution in [3.63, 3.8) is 0 Å². The molecule has 0 aliphatic carbocycles. The molecule has 0 spiro atoms. The van der Waals surface area contributed by atoms with Gasteiger partial charge in [0.15, 0.2) is 12.6 Å². The van der Waals surface area contributed by atoms with Crippen LogP contribution in [0, 0.1) is 0 Å². The molecule has 7 nitrogen and oxygen atoms in total. The number of imide groups is 1. The van der Waals surface area contributed by atoms with Gasteiger partial charge in [-0.05, 0) is 0 Å². The van der Waals surface area contributed by atoms with Crippen molar-refractivity contribution in [1.82, 2.24) is 4.90 Å². The van der Waals surface area contributed by atoms with Gasteiger partial charge in [0.05, 0.1) is 6.42 Å². The topological polar surface area (TPSA) is 89.3 Å². The summed E-state index contributed by atoms with van der Waals surface area (Å²) in [5.41, 5.74) is 5.17. The van der Waals surface area contributed by atoms with Crippen LogP contribution in [0.25, 0.3) is 0 Å². The molecule has 2 fully saturated rings. The van der Waals surface area contributed by atoms with E-state index >= 15 is 0 Å². The van der Waals surface area contributed by atoms with Crippen molar-refractivity contribution in [2.45, 2.75) is 12.5 Å². The monoisotopic (exact) mass is 256 g/mol. The van der Waals surface area contributed by atoms with Crippen molar-refractivity contribution in [3.05, 3.63) is 0 Å². The summed E-state index contributed by atoms with van der Waals surface area (Å²) in [6, 6.07) is -0.224. The van der Waals surface area contributed by atoms with Gasteiger partial charge in [0.2, 0.25) is 5.91 Å². The van der Waals surface area contributed by atoms with Crippen molar-refractivity contribution in [2.24, 2.45) is 5.73 Å². The van der Waals surface area contributed by atoms with Crippen LogP contribution in [0.1, 0.15) is 6.42 Å². The third-order valence-electron chi connectivity index (χ3n) is 3.90. The number of likely N-dealkylation sites (tertiary alicyclic amines) is 1. The second kappa shape index (κ2) is 5.03. The van der Waals surface area contributed by atoms with Crippen LogP contribution < -0.4 is 15.5 Å². The minimum absolute atomic E-state index is 0.0756. The predicted octanol–water partition coefficient (Wildman–Crippen LogP) is -4.99. The van der Waals surface area contributed by atoms with Gasteiger partial charge in [0.25, 0.3) is 11.8 Å². The fourth-order valence-electron chi connectivity index (χ4n) is 2.77. The van der Waals surface area contributed by atoms with E-state index in [-0.39, 0.29) is 23.8 Å². The highest BCUT2D eigenvalue weighted by atomic mass is 16.2. The van der Waals surface area contributed by atoms with E-state index in [1.165, 1.54) is 4.90 Å². The lowest BCUT2D eigenvalue weighted by Gasteiger charge is -2.31. The first-order valence-corrected chi connectivity index (χ1v) is 6.26. The number of rotatable bonds is 3. The van der Waals surface area contributed by atoms with Crippen molar-refractivity contribution < 1.29 is 24.2 Å².